The molecule has 112 valence electrons. The molecular formula is C17H34N2. The van der Waals surface area contributed by atoms with E-state index in [-0.39, 0.29) is 0 Å². The molecule has 1 atom stereocenters. The summed E-state index contributed by atoms with van der Waals surface area (Å²) in [5, 5.41) is 0. The van der Waals surface area contributed by atoms with Crippen LogP contribution in [0.5, 0.6) is 0 Å². The van der Waals surface area contributed by atoms with Crippen molar-refractivity contribution in [2.45, 2.75) is 90.0 Å². The Bertz CT molecular complexity index is 227. The van der Waals surface area contributed by atoms with Crippen LogP contribution in [0, 0.1) is 17.8 Å². The van der Waals surface area contributed by atoms with Gasteiger partial charge >= 0.3 is 0 Å². The summed E-state index contributed by atoms with van der Waals surface area (Å²) in [5.41, 5.74) is 3.14. The van der Waals surface area contributed by atoms with Gasteiger partial charge in [0.05, 0.1) is 0 Å². The summed E-state index contributed by atoms with van der Waals surface area (Å²) in [6.07, 6.45) is 17.1. The lowest BCUT2D eigenvalue weighted by molar-refractivity contribution is 0.199. The number of nitrogens with two attached hydrogens (primary N) is 1. The second kappa shape index (κ2) is 8.26. The van der Waals surface area contributed by atoms with Crippen molar-refractivity contribution in [2.75, 3.05) is 0 Å². The Morgan fingerprint density at radius 3 is 2.21 bits per heavy atom. The lowest BCUT2D eigenvalue weighted by Gasteiger charge is -2.34. The minimum atomic E-state index is 0.583. The van der Waals surface area contributed by atoms with Crippen LogP contribution in [0.15, 0.2) is 0 Å². The van der Waals surface area contributed by atoms with E-state index in [9.17, 15) is 0 Å². The van der Waals surface area contributed by atoms with Gasteiger partial charge < -0.3 is 0 Å². The maximum absolute atomic E-state index is 5.84. The maximum Gasteiger partial charge on any atom is 0.0238 e. The molecule has 0 aromatic carbocycles. The number of nitrogens with one attached hydrogen (secondary N) is 1. The lowest BCUT2D eigenvalue weighted by atomic mass is 9.75. The van der Waals surface area contributed by atoms with Crippen LogP contribution in [0.4, 0.5) is 0 Å². The fourth-order valence-corrected chi connectivity index (χ4v) is 4.35. The Morgan fingerprint density at radius 1 is 0.947 bits per heavy atom. The highest BCUT2D eigenvalue weighted by Gasteiger charge is 2.27. The zero-order chi connectivity index (χ0) is 13.5. The Labute approximate surface area is 119 Å². The van der Waals surface area contributed by atoms with Crippen LogP contribution < -0.4 is 11.3 Å². The molecule has 2 aliphatic rings. The van der Waals surface area contributed by atoms with E-state index in [4.69, 9.17) is 5.84 Å². The van der Waals surface area contributed by atoms with Crippen LogP contribution >= 0.6 is 0 Å². The van der Waals surface area contributed by atoms with Crippen molar-refractivity contribution in [1.29, 1.82) is 0 Å². The van der Waals surface area contributed by atoms with E-state index >= 15 is 0 Å². The number of rotatable bonds is 6. The molecule has 0 amide bonds. The number of hydrogen-bond acceptors (Lipinski definition) is 2. The van der Waals surface area contributed by atoms with E-state index in [1.165, 1.54) is 77.0 Å². The molecule has 2 rings (SSSR count). The molecule has 19 heavy (non-hydrogen) atoms. The van der Waals surface area contributed by atoms with Gasteiger partial charge in [-0.2, -0.15) is 0 Å². The molecule has 0 heterocycles. The van der Waals surface area contributed by atoms with Gasteiger partial charge in [-0.25, -0.2) is 0 Å². The average Bonchev–Trinajstić information content (AvgIpc) is 2.49. The van der Waals surface area contributed by atoms with Crippen LogP contribution in [0.3, 0.4) is 0 Å². The van der Waals surface area contributed by atoms with Crippen molar-refractivity contribution in [3.63, 3.8) is 0 Å². The second-order valence-corrected chi connectivity index (χ2v) is 7.04. The summed E-state index contributed by atoms with van der Waals surface area (Å²) >= 11 is 0. The summed E-state index contributed by atoms with van der Waals surface area (Å²) in [4.78, 5) is 0. The third kappa shape index (κ3) is 4.75. The molecule has 2 heteroatoms. The fraction of sp³-hybridized carbons (Fsp3) is 1.00. The molecule has 0 saturated heterocycles. The van der Waals surface area contributed by atoms with E-state index in [0.717, 1.165) is 17.8 Å². The first-order chi connectivity index (χ1) is 9.33. The highest BCUT2D eigenvalue weighted by Crippen LogP contribution is 2.35. The molecule has 0 aromatic rings. The zero-order valence-corrected chi connectivity index (χ0v) is 12.9. The smallest absolute Gasteiger partial charge is 0.0238 e. The molecular weight excluding hydrogens is 232 g/mol. The number of hydrazine groups is 1. The normalized spacial score (nSPS) is 31.3. The van der Waals surface area contributed by atoms with Gasteiger partial charge in [0.2, 0.25) is 0 Å². The molecule has 2 fully saturated rings. The quantitative estimate of drug-likeness (QED) is 0.552. The van der Waals surface area contributed by atoms with Crippen molar-refractivity contribution in [3.8, 4) is 0 Å². The first-order valence-electron chi connectivity index (χ1n) is 8.79. The monoisotopic (exact) mass is 266 g/mol. The van der Waals surface area contributed by atoms with Crippen LogP contribution in [0.2, 0.25) is 0 Å². The first-order valence-corrected chi connectivity index (χ1v) is 8.79. The molecule has 0 aliphatic heterocycles. The largest absolute Gasteiger partial charge is 0.271 e. The summed E-state index contributed by atoms with van der Waals surface area (Å²) < 4.78 is 0. The fourth-order valence-electron chi connectivity index (χ4n) is 4.35. The maximum atomic E-state index is 5.84. The highest BCUT2D eigenvalue weighted by molar-refractivity contribution is 4.81. The summed E-state index contributed by atoms with van der Waals surface area (Å²) in [7, 11) is 0. The van der Waals surface area contributed by atoms with Gasteiger partial charge in [0.25, 0.3) is 0 Å². The van der Waals surface area contributed by atoms with Crippen LogP contribution in [0.1, 0.15) is 84.0 Å². The SMILES string of the molecule is CCC1CCC(C(CCC2CCCCC2)NN)CC1. The van der Waals surface area contributed by atoms with Gasteiger partial charge in [-0.1, -0.05) is 58.3 Å². The average molecular weight is 266 g/mol. The molecule has 1 unspecified atom stereocenters. The van der Waals surface area contributed by atoms with Crippen molar-refractivity contribution in [3.05, 3.63) is 0 Å². The third-order valence-corrected chi connectivity index (χ3v) is 5.86. The predicted molar refractivity (Wildman–Crippen MR) is 82.7 cm³/mol. The second-order valence-electron chi connectivity index (χ2n) is 7.04. The molecule has 0 radical (unpaired) electrons. The molecule has 3 N–H and O–H groups in total. The minimum absolute atomic E-state index is 0.583. The van der Waals surface area contributed by atoms with Gasteiger partial charge in [-0.15, -0.1) is 0 Å². The standard InChI is InChI=1S/C17H34N2/c1-2-14-8-11-16(12-9-14)17(19-18)13-10-15-6-4-3-5-7-15/h14-17,19H,2-13,18H2,1H3. The van der Waals surface area contributed by atoms with Crippen molar-refractivity contribution < 1.29 is 0 Å². The Morgan fingerprint density at radius 2 is 1.63 bits per heavy atom. The van der Waals surface area contributed by atoms with Crippen molar-refractivity contribution >= 4 is 0 Å². The molecule has 2 saturated carbocycles. The minimum Gasteiger partial charge on any atom is -0.271 e. The van der Waals surface area contributed by atoms with Gasteiger partial charge in [0.15, 0.2) is 0 Å². The zero-order valence-electron chi connectivity index (χ0n) is 12.9. The summed E-state index contributed by atoms with van der Waals surface area (Å²) in [5.74, 6) is 8.67. The molecule has 2 aliphatic carbocycles. The third-order valence-electron chi connectivity index (χ3n) is 5.86. The van der Waals surface area contributed by atoms with Crippen molar-refractivity contribution in [2.24, 2.45) is 23.6 Å². The van der Waals surface area contributed by atoms with Gasteiger partial charge in [0, 0.05) is 6.04 Å². The Hall–Kier alpha value is -0.0800. The topological polar surface area (TPSA) is 38.0 Å². The van der Waals surface area contributed by atoms with Crippen LogP contribution in [-0.4, -0.2) is 6.04 Å². The molecule has 0 bridgehead atoms. The van der Waals surface area contributed by atoms with E-state index in [1.807, 2.05) is 0 Å². The predicted octanol–water partition coefficient (Wildman–Crippen LogP) is 4.40. The van der Waals surface area contributed by atoms with Crippen molar-refractivity contribution in [1.82, 2.24) is 5.43 Å². The van der Waals surface area contributed by atoms with Gasteiger partial charge in [-0.3, -0.25) is 11.3 Å². The van der Waals surface area contributed by atoms with Crippen LogP contribution in [-0.2, 0) is 0 Å². The van der Waals surface area contributed by atoms with E-state index in [0.29, 0.717) is 6.04 Å². The first kappa shape index (κ1) is 15.3. The van der Waals surface area contributed by atoms with Gasteiger partial charge in [0.1, 0.15) is 0 Å². The van der Waals surface area contributed by atoms with E-state index < -0.39 is 0 Å². The molecule has 2 nitrogen and oxygen atoms in total. The van der Waals surface area contributed by atoms with E-state index in [1.54, 1.807) is 0 Å². The Kier molecular flexibility index (Phi) is 6.66. The number of hydrogen-bond donors (Lipinski definition) is 2. The molecule has 0 aromatic heterocycles. The Balaban J connectivity index is 1.70. The highest BCUT2D eigenvalue weighted by atomic mass is 15.2. The van der Waals surface area contributed by atoms with Gasteiger partial charge in [-0.05, 0) is 43.4 Å². The molecule has 0 spiro atoms. The van der Waals surface area contributed by atoms with E-state index in [2.05, 4.69) is 12.3 Å². The summed E-state index contributed by atoms with van der Waals surface area (Å²) in [6, 6.07) is 0.583. The lowest BCUT2D eigenvalue weighted by Crippen LogP contribution is -2.42. The summed E-state index contributed by atoms with van der Waals surface area (Å²) in [6.45, 7) is 2.34. The van der Waals surface area contributed by atoms with Crippen LogP contribution in [0.25, 0.3) is 0 Å².